The number of rotatable bonds is 1. The third kappa shape index (κ3) is 1.59. The SMILES string of the molecule is Fc1ccc2c(C3CCOCC3)noc2c1. The lowest BCUT2D eigenvalue weighted by atomic mass is 9.94. The lowest BCUT2D eigenvalue weighted by Crippen LogP contribution is -2.14. The number of hydrogen-bond acceptors (Lipinski definition) is 3. The Morgan fingerprint density at radius 3 is 2.88 bits per heavy atom. The molecule has 84 valence electrons. The van der Waals surface area contributed by atoms with Crippen LogP contribution in [0.4, 0.5) is 4.39 Å². The molecule has 2 aromatic rings. The number of benzene rings is 1. The minimum Gasteiger partial charge on any atom is -0.381 e. The first-order valence-corrected chi connectivity index (χ1v) is 5.47. The largest absolute Gasteiger partial charge is 0.381 e. The van der Waals surface area contributed by atoms with E-state index in [1.807, 2.05) is 0 Å². The van der Waals surface area contributed by atoms with Crippen molar-refractivity contribution in [1.82, 2.24) is 5.16 Å². The first-order valence-electron chi connectivity index (χ1n) is 5.47. The minimum atomic E-state index is -0.290. The Kier molecular flexibility index (Phi) is 2.36. The Bertz CT molecular complexity index is 503. The van der Waals surface area contributed by atoms with E-state index < -0.39 is 0 Å². The zero-order valence-electron chi connectivity index (χ0n) is 8.78. The molecule has 0 N–H and O–H groups in total. The lowest BCUT2D eigenvalue weighted by Gasteiger charge is -2.19. The van der Waals surface area contributed by atoms with Crippen molar-refractivity contribution in [2.75, 3.05) is 13.2 Å². The van der Waals surface area contributed by atoms with E-state index in [9.17, 15) is 4.39 Å². The molecule has 1 aromatic carbocycles. The van der Waals surface area contributed by atoms with Crippen molar-refractivity contribution in [1.29, 1.82) is 0 Å². The zero-order chi connectivity index (χ0) is 11.0. The van der Waals surface area contributed by atoms with E-state index in [4.69, 9.17) is 9.26 Å². The van der Waals surface area contributed by atoms with Gasteiger partial charge in [0.1, 0.15) is 5.82 Å². The molecule has 3 nitrogen and oxygen atoms in total. The van der Waals surface area contributed by atoms with Gasteiger partial charge in [0.25, 0.3) is 0 Å². The molecule has 1 aliphatic heterocycles. The third-order valence-corrected chi connectivity index (χ3v) is 3.07. The molecule has 0 saturated carbocycles. The van der Waals surface area contributed by atoms with Gasteiger partial charge in [-0.3, -0.25) is 0 Å². The summed E-state index contributed by atoms with van der Waals surface area (Å²) in [6.07, 6.45) is 1.91. The van der Waals surface area contributed by atoms with E-state index in [1.165, 1.54) is 12.1 Å². The van der Waals surface area contributed by atoms with E-state index in [2.05, 4.69) is 5.16 Å². The lowest BCUT2D eigenvalue weighted by molar-refractivity contribution is 0.0841. The van der Waals surface area contributed by atoms with Gasteiger partial charge in [0.2, 0.25) is 0 Å². The number of aromatic nitrogens is 1. The average molecular weight is 221 g/mol. The quantitative estimate of drug-likeness (QED) is 0.742. The second-order valence-electron chi connectivity index (χ2n) is 4.09. The van der Waals surface area contributed by atoms with E-state index in [1.54, 1.807) is 6.07 Å². The Morgan fingerprint density at radius 2 is 2.06 bits per heavy atom. The Morgan fingerprint density at radius 1 is 1.25 bits per heavy atom. The Hall–Kier alpha value is -1.42. The average Bonchev–Trinajstić information content (AvgIpc) is 2.73. The number of fused-ring (bicyclic) bond motifs is 1. The van der Waals surface area contributed by atoms with Crippen molar-refractivity contribution in [2.24, 2.45) is 0 Å². The maximum Gasteiger partial charge on any atom is 0.170 e. The summed E-state index contributed by atoms with van der Waals surface area (Å²) in [5.41, 5.74) is 1.47. The van der Waals surface area contributed by atoms with Crippen LogP contribution in [-0.4, -0.2) is 18.4 Å². The molecule has 0 spiro atoms. The van der Waals surface area contributed by atoms with Crippen LogP contribution in [-0.2, 0) is 4.74 Å². The number of nitrogens with zero attached hydrogens (tertiary/aromatic N) is 1. The molecule has 0 aliphatic carbocycles. The molecule has 1 aromatic heterocycles. The van der Waals surface area contributed by atoms with Crippen LogP contribution >= 0.6 is 0 Å². The highest BCUT2D eigenvalue weighted by molar-refractivity contribution is 5.79. The first-order chi connectivity index (χ1) is 7.84. The molecule has 1 aliphatic rings. The summed E-state index contributed by atoms with van der Waals surface area (Å²) >= 11 is 0. The predicted octanol–water partition coefficient (Wildman–Crippen LogP) is 2.86. The highest BCUT2D eigenvalue weighted by Gasteiger charge is 2.21. The number of ether oxygens (including phenoxy) is 1. The summed E-state index contributed by atoms with van der Waals surface area (Å²) in [7, 11) is 0. The predicted molar refractivity (Wildman–Crippen MR) is 56.8 cm³/mol. The molecule has 0 atom stereocenters. The van der Waals surface area contributed by atoms with Gasteiger partial charge >= 0.3 is 0 Å². The molecule has 1 fully saturated rings. The summed E-state index contributed by atoms with van der Waals surface area (Å²) in [4.78, 5) is 0. The molecular formula is C12H12FNO2. The van der Waals surface area contributed by atoms with Crippen molar-refractivity contribution in [3.8, 4) is 0 Å². The first kappa shape index (κ1) is 9.78. The fourth-order valence-corrected chi connectivity index (χ4v) is 2.20. The zero-order valence-corrected chi connectivity index (χ0v) is 8.78. The van der Waals surface area contributed by atoms with Crippen LogP contribution < -0.4 is 0 Å². The Balaban J connectivity index is 2.03. The fourth-order valence-electron chi connectivity index (χ4n) is 2.20. The van der Waals surface area contributed by atoms with Gasteiger partial charge in [0.05, 0.1) is 5.69 Å². The van der Waals surface area contributed by atoms with Crippen LogP contribution in [0.1, 0.15) is 24.5 Å². The van der Waals surface area contributed by atoms with Crippen molar-refractivity contribution >= 4 is 11.0 Å². The highest BCUT2D eigenvalue weighted by Crippen LogP contribution is 2.31. The minimum absolute atomic E-state index is 0.290. The van der Waals surface area contributed by atoms with E-state index in [0.29, 0.717) is 11.5 Å². The summed E-state index contributed by atoms with van der Waals surface area (Å²) in [5.74, 6) is 0.0858. The normalized spacial score (nSPS) is 18.1. The van der Waals surface area contributed by atoms with E-state index in [0.717, 1.165) is 37.1 Å². The van der Waals surface area contributed by atoms with Gasteiger partial charge in [-0.25, -0.2) is 4.39 Å². The molecule has 0 bridgehead atoms. The van der Waals surface area contributed by atoms with E-state index >= 15 is 0 Å². The van der Waals surface area contributed by atoms with Gasteiger partial charge in [-0.1, -0.05) is 5.16 Å². The molecular weight excluding hydrogens is 209 g/mol. The molecule has 0 radical (unpaired) electrons. The number of hydrogen-bond donors (Lipinski definition) is 0. The fraction of sp³-hybridized carbons (Fsp3) is 0.417. The standard InChI is InChI=1S/C12H12FNO2/c13-9-1-2-10-11(7-9)16-14-12(10)8-3-5-15-6-4-8/h1-2,7-8H,3-6H2. The molecule has 4 heteroatoms. The smallest absolute Gasteiger partial charge is 0.170 e. The van der Waals surface area contributed by atoms with Gasteiger partial charge in [0, 0.05) is 30.6 Å². The van der Waals surface area contributed by atoms with Crippen LogP contribution in [0.3, 0.4) is 0 Å². The van der Waals surface area contributed by atoms with Gasteiger partial charge in [-0.2, -0.15) is 0 Å². The summed E-state index contributed by atoms with van der Waals surface area (Å²) < 4.78 is 23.4. The monoisotopic (exact) mass is 221 g/mol. The summed E-state index contributed by atoms with van der Waals surface area (Å²) in [6, 6.07) is 4.57. The van der Waals surface area contributed by atoms with Crippen LogP contribution in [0, 0.1) is 5.82 Å². The second-order valence-corrected chi connectivity index (χ2v) is 4.09. The van der Waals surface area contributed by atoms with Gasteiger partial charge in [-0.05, 0) is 25.0 Å². The Labute approximate surface area is 92.2 Å². The molecule has 16 heavy (non-hydrogen) atoms. The molecule has 1 saturated heterocycles. The highest BCUT2D eigenvalue weighted by atomic mass is 19.1. The second kappa shape index (κ2) is 3.87. The van der Waals surface area contributed by atoms with Crippen molar-refractivity contribution in [3.63, 3.8) is 0 Å². The van der Waals surface area contributed by atoms with Crippen molar-refractivity contribution in [2.45, 2.75) is 18.8 Å². The van der Waals surface area contributed by atoms with Gasteiger partial charge in [0.15, 0.2) is 5.58 Å². The van der Waals surface area contributed by atoms with Crippen LogP contribution in [0.15, 0.2) is 22.7 Å². The van der Waals surface area contributed by atoms with Crippen LogP contribution in [0.25, 0.3) is 11.0 Å². The van der Waals surface area contributed by atoms with Crippen molar-refractivity contribution < 1.29 is 13.7 Å². The topological polar surface area (TPSA) is 35.3 Å². The molecule has 3 rings (SSSR count). The van der Waals surface area contributed by atoms with Crippen LogP contribution in [0.2, 0.25) is 0 Å². The maximum absolute atomic E-state index is 13.0. The summed E-state index contributed by atoms with van der Waals surface area (Å²) in [6.45, 7) is 1.53. The van der Waals surface area contributed by atoms with Gasteiger partial charge < -0.3 is 9.26 Å². The number of halogens is 1. The molecule has 0 unspecified atom stereocenters. The van der Waals surface area contributed by atoms with E-state index in [-0.39, 0.29) is 5.82 Å². The summed E-state index contributed by atoms with van der Waals surface area (Å²) in [5, 5.41) is 4.99. The van der Waals surface area contributed by atoms with Gasteiger partial charge in [-0.15, -0.1) is 0 Å². The van der Waals surface area contributed by atoms with Crippen molar-refractivity contribution in [3.05, 3.63) is 29.7 Å². The van der Waals surface area contributed by atoms with Crippen LogP contribution in [0.5, 0.6) is 0 Å². The molecule has 2 heterocycles. The maximum atomic E-state index is 13.0. The molecule has 0 amide bonds. The third-order valence-electron chi connectivity index (χ3n) is 3.07.